The summed E-state index contributed by atoms with van der Waals surface area (Å²) in [5.41, 5.74) is 5.26. The van der Waals surface area contributed by atoms with Crippen LogP contribution in [0.3, 0.4) is 0 Å². The third kappa shape index (κ3) is 1.58. The predicted molar refractivity (Wildman–Crippen MR) is 38.0 cm³/mol. The molecule has 1 fully saturated rings. The minimum Gasteiger partial charge on any atom is -0.394 e. The van der Waals surface area contributed by atoms with Gasteiger partial charge in [0.1, 0.15) is 18.3 Å². The van der Waals surface area contributed by atoms with E-state index in [2.05, 4.69) is 0 Å². The SMILES string of the molecule is N[C@H]1C(O)C(O)C(CO)O[C@@H]1O. The van der Waals surface area contributed by atoms with Crippen molar-refractivity contribution in [1.29, 1.82) is 0 Å². The van der Waals surface area contributed by atoms with Crippen molar-refractivity contribution in [2.75, 3.05) is 6.61 Å². The Kier molecular flexibility index (Phi) is 2.99. The molecule has 0 amide bonds. The quantitative estimate of drug-likeness (QED) is 0.288. The van der Waals surface area contributed by atoms with Gasteiger partial charge in [-0.2, -0.15) is 0 Å². The Bertz CT molecular complexity index is 150. The average molecular weight is 179 g/mol. The lowest BCUT2D eigenvalue weighted by molar-refractivity contribution is -0.248. The maximum absolute atomic E-state index is 9.20. The molecule has 3 unspecified atom stereocenters. The molecule has 1 rings (SSSR count). The summed E-state index contributed by atoms with van der Waals surface area (Å²) in [5, 5.41) is 36.1. The smallest absolute Gasteiger partial charge is 0.173 e. The van der Waals surface area contributed by atoms with Crippen LogP contribution in [0.15, 0.2) is 0 Å². The van der Waals surface area contributed by atoms with E-state index < -0.39 is 37.3 Å². The normalized spacial score (nSPS) is 49.2. The molecule has 6 nitrogen and oxygen atoms in total. The molecule has 6 N–H and O–H groups in total. The molecule has 0 aromatic heterocycles. The average Bonchev–Trinajstić information content (AvgIpc) is 2.08. The van der Waals surface area contributed by atoms with Crippen molar-refractivity contribution in [3.8, 4) is 0 Å². The second kappa shape index (κ2) is 3.65. The molecule has 0 spiro atoms. The highest BCUT2D eigenvalue weighted by Crippen LogP contribution is 2.17. The van der Waals surface area contributed by atoms with E-state index in [9.17, 15) is 10.2 Å². The Morgan fingerprint density at radius 1 is 1.17 bits per heavy atom. The van der Waals surface area contributed by atoms with Crippen molar-refractivity contribution in [2.24, 2.45) is 5.73 Å². The van der Waals surface area contributed by atoms with Gasteiger partial charge in [-0.1, -0.05) is 0 Å². The zero-order chi connectivity index (χ0) is 9.30. The first-order valence-electron chi connectivity index (χ1n) is 3.64. The van der Waals surface area contributed by atoms with Crippen LogP contribution in [-0.4, -0.2) is 57.7 Å². The molecule has 5 atom stereocenters. The Labute approximate surface area is 69.2 Å². The fraction of sp³-hybridized carbons (Fsp3) is 1.00. The molecule has 0 bridgehead atoms. The lowest BCUT2D eigenvalue weighted by Crippen LogP contribution is -2.61. The topological polar surface area (TPSA) is 116 Å². The van der Waals surface area contributed by atoms with Gasteiger partial charge in [-0.3, -0.25) is 0 Å². The number of hydrogen-bond donors (Lipinski definition) is 5. The lowest BCUT2D eigenvalue weighted by Gasteiger charge is -2.38. The molecule has 0 saturated carbocycles. The Hall–Kier alpha value is -0.240. The van der Waals surface area contributed by atoms with Gasteiger partial charge in [0.2, 0.25) is 0 Å². The highest BCUT2D eigenvalue weighted by Gasteiger charge is 2.41. The number of hydrogen-bond acceptors (Lipinski definition) is 6. The van der Waals surface area contributed by atoms with Crippen LogP contribution < -0.4 is 5.73 Å². The van der Waals surface area contributed by atoms with Crippen LogP contribution in [0.25, 0.3) is 0 Å². The summed E-state index contributed by atoms with van der Waals surface area (Å²) >= 11 is 0. The Morgan fingerprint density at radius 3 is 2.25 bits per heavy atom. The first-order chi connectivity index (χ1) is 5.57. The van der Waals surface area contributed by atoms with Gasteiger partial charge < -0.3 is 30.9 Å². The molecule has 12 heavy (non-hydrogen) atoms. The Balaban J connectivity index is 2.63. The van der Waals surface area contributed by atoms with Crippen molar-refractivity contribution in [3.05, 3.63) is 0 Å². The monoisotopic (exact) mass is 179 g/mol. The number of rotatable bonds is 1. The fourth-order valence-corrected chi connectivity index (χ4v) is 1.12. The van der Waals surface area contributed by atoms with Crippen LogP contribution in [0.4, 0.5) is 0 Å². The van der Waals surface area contributed by atoms with Gasteiger partial charge in [0.25, 0.3) is 0 Å². The van der Waals surface area contributed by atoms with Crippen LogP contribution in [0.5, 0.6) is 0 Å². The number of ether oxygens (including phenoxy) is 1. The van der Waals surface area contributed by atoms with Crippen LogP contribution in [0.1, 0.15) is 0 Å². The van der Waals surface area contributed by atoms with E-state index >= 15 is 0 Å². The van der Waals surface area contributed by atoms with Crippen molar-refractivity contribution >= 4 is 0 Å². The largest absolute Gasteiger partial charge is 0.394 e. The fourth-order valence-electron chi connectivity index (χ4n) is 1.12. The molecule has 0 radical (unpaired) electrons. The zero-order valence-electron chi connectivity index (χ0n) is 6.37. The lowest BCUT2D eigenvalue weighted by atomic mass is 9.98. The standard InChI is InChI=1S/C6H13NO5/c7-3-5(10)4(9)2(1-8)12-6(3)11/h2-6,8-11H,1,7H2/t2?,3-,4?,5?,6-/m0/s1. The van der Waals surface area contributed by atoms with Gasteiger partial charge in [-0.15, -0.1) is 0 Å². The summed E-state index contributed by atoms with van der Waals surface area (Å²) < 4.78 is 4.70. The second-order valence-electron chi connectivity index (χ2n) is 2.81. The van der Waals surface area contributed by atoms with Gasteiger partial charge in [0.15, 0.2) is 6.29 Å². The molecular weight excluding hydrogens is 166 g/mol. The summed E-state index contributed by atoms with van der Waals surface area (Å²) in [5.74, 6) is 0. The molecule has 1 aliphatic heterocycles. The van der Waals surface area contributed by atoms with Crippen molar-refractivity contribution in [3.63, 3.8) is 0 Å². The van der Waals surface area contributed by atoms with Gasteiger partial charge in [-0.05, 0) is 0 Å². The van der Waals surface area contributed by atoms with Crippen molar-refractivity contribution in [2.45, 2.75) is 30.6 Å². The second-order valence-corrected chi connectivity index (χ2v) is 2.81. The van der Waals surface area contributed by atoms with Gasteiger partial charge in [-0.25, -0.2) is 0 Å². The van der Waals surface area contributed by atoms with Gasteiger partial charge in [0, 0.05) is 0 Å². The van der Waals surface area contributed by atoms with Crippen molar-refractivity contribution < 1.29 is 25.2 Å². The maximum atomic E-state index is 9.20. The summed E-state index contributed by atoms with van der Waals surface area (Å²) in [7, 11) is 0. The van der Waals surface area contributed by atoms with Crippen molar-refractivity contribution in [1.82, 2.24) is 0 Å². The summed E-state index contributed by atoms with van der Waals surface area (Å²) in [4.78, 5) is 0. The molecule has 72 valence electrons. The zero-order valence-corrected chi connectivity index (χ0v) is 6.37. The van der Waals surface area contributed by atoms with Crippen LogP contribution in [0.2, 0.25) is 0 Å². The molecule has 6 heteroatoms. The molecule has 0 aliphatic carbocycles. The molecule has 1 heterocycles. The molecule has 1 saturated heterocycles. The van der Waals surface area contributed by atoms with Gasteiger partial charge >= 0.3 is 0 Å². The van der Waals surface area contributed by atoms with E-state index in [1.807, 2.05) is 0 Å². The summed E-state index contributed by atoms with van der Waals surface area (Å²) in [6, 6.07) is -1.04. The first kappa shape index (κ1) is 9.85. The highest BCUT2D eigenvalue weighted by atomic mass is 16.6. The minimum atomic E-state index is -1.35. The van der Waals surface area contributed by atoms with E-state index in [0.29, 0.717) is 0 Å². The minimum absolute atomic E-state index is 0.470. The number of aliphatic hydroxyl groups excluding tert-OH is 4. The van der Waals surface area contributed by atoms with E-state index in [1.165, 1.54) is 0 Å². The number of aliphatic hydroxyl groups is 4. The summed E-state index contributed by atoms with van der Waals surface area (Å²) in [6.07, 6.45) is -4.85. The third-order valence-electron chi connectivity index (χ3n) is 1.95. The van der Waals surface area contributed by atoms with Crippen LogP contribution in [-0.2, 0) is 4.74 Å². The van der Waals surface area contributed by atoms with E-state index in [0.717, 1.165) is 0 Å². The number of nitrogens with two attached hydrogens (primary N) is 1. The molecular formula is C6H13NO5. The highest BCUT2D eigenvalue weighted by molar-refractivity contribution is 4.90. The molecule has 0 aromatic rings. The van der Waals surface area contributed by atoms with E-state index in [1.54, 1.807) is 0 Å². The molecule has 0 aromatic carbocycles. The Morgan fingerprint density at radius 2 is 1.75 bits per heavy atom. The predicted octanol–water partition coefficient (Wildman–Crippen LogP) is -3.26. The first-order valence-corrected chi connectivity index (χ1v) is 3.64. The maximum Gasteiger partial charge on any atom is 0.173 e. The third-order valence-corrected chi connectivity index (χ3v) is 1.95. The van der Waals surface area contributed by atoms with E-state index in [-0.39, 0.29) is 0 Å². The van der Waals surface area contributed by atoms with Crippen LogP contribution >= 0.6 is 0 Å². The molecule has 1 aliphatic rings. The van der Waals surface area contributed by atoms with Crippen LogP contribution in [0, 0.1) is 0 Å². The van der Waals surface area contributed by atoms with E-state index in [4.69, 9.17) is 20.7 Å². The summed E-state index contributed by atoms with van der Waals surface area (Å²) in [6.45, 7) is -0.470. The van der Waals surface area contributed by atoms with Gasteiger partial charge in [0.05, 0.1) is 12.6 Å².